The first-order valence-electron chi connectivity index (χ1n) is 11.2. The van der Waals surface area contributed by atoms with Crippen molar-refractivity contribution in [3.05, 3.63) is 75.1 Å². The molecule has 1 aromatic carbocycles. The van der Waals surface area contributed by atoms with Gasteiger partial charge in [-0.2, -0.15) is 31.6 Å². The molecule has 4 rings (SSSR count). The van der Waals surface area contributed by atoms with Gasteiger partial charge >= 0.3 is 21.3 Å². The largest absolute Gasteiger partial charge is 0.534 e. The van der Waals surface area contributed by atoms with Crippen LogP contribution in [0.3, 0.4) is 0 Å². The van der Waals surface area contributed by atoms with Crippen LogP contribution in [0.1, 0.15) is 17.0 Å². The Hall–Kier alpha value is -3.69. The molecular weight excluding hydrogens is 567 g/mol. The second kappa shape index (κ2) is 10.8. The van der Waals surface area contributed by atoms with Crippen molar-refractivity contribution in [1.82, 2.24) is 19.5 Å². The van der Waals surface area contributed by atoms with E-state index in [9.17, 15) is 31.5 Å². The first-order valence-corrected chi connectivity index (χ1v) is 13.0. The molecule has 39 heavy (non-hydrogen) atoms. The highest BCUT2D eigenvalue weighted by molar-refractivity contribution is 7.87. The van der Waals surface area contributed by atoms with Crippen molar-refractivity contribution in [2.24, 2.45) is 0 Å². The smallest absolute Gasteiger partial charge is 0.495 e. The Morgan fingerprint density at radius 2 is 1.95 bits per heavy atom. The molecule has 1 N–H and O–H groups in total. The molecule has 3 aromatic rings. The van der Waals surface area contributed by atoms with Gasteiger partial charge in [0.2, 0.25) is 11.8 Å². The van der Waals surface area contributed by atoms with E-state index >= 15 is 0 Å². The minimum Gasteiger partial charge on any atom is -0.495 e. The van der Waals surface area contributed by atoms with Gasteiger partial charge in [0.05, 0.1) is 31.3 Å². The van der Waals surface area contributed by atoms with E-state index in [1.165, 1.54) is 17.7 Å². The Labute approximate surface area is 225 Å². The maximum Gasteiger partial charge on any atom is 0.534 e. The van der Waals surface area contributed by atoms with Crippen molar-refractivity contribution in [1.29, 1.82) is 0 Å². The van der Waals surface area contributed by atoms with Gasteiger partial charge in [0.25, 0.3) is 0 Å². The number of aromatic nitrogens is 4. The number of hydrogen-bond donors (Lipinski definition) is 1. The lowest BCUT2D eigenvalue weighted by atomic mass is 9.97. The normalized spacial score (nSPS) is 16.1. The lowest BCUT2D eigenvalue weighted by Gasteiger charge is -2.30. The number of pyridine rings is 1. The number of ether oxygens (including phenoxy) is 1. The van der Waals surface area contributed by atoms with Crippen LogP contribution < -0.4 is 19.5 Å². The zero-order valence-electron chi connectivity index (χ0n) is 20.4. The van der Waals surface area contributed by atoms with E-state index in [4.69, 9.17) is 16.3 Å². The van der Waals surface area contributed by atoms with Crippen LogP contribution in [-0.2, 0) is 16.7 Å². The van der Waals surface area contributed by atoms with E-state index in [-0.39, 0.29) is 24.9 Å². The van der Waals surface area contributed by atoms with E-state index in [2.05, 4.69) is 19.1 Å². The Morgan fingerprint density at radius 1 is 1.21 bits per heavy atom. The number of halogens is 4. The maximum atomic E-state index is 12.8. The summed E-state index contributed by atoms with van der Waals surface area (Å²) in [5, 5.41) is 11.2. The standard InChI is InChI=1S/C23H21ClF3N5O6S/c1-13-29-21(31-8-7-16(18(33)12-31)15-4-5-17(24)19(9-15)37-2)30-22(34)32(13)11-14-3-6-20(28-10-14)38-39(35,36)23(25,26)27/h3-7,9-10,18,33H,8,11-12H2,1-2H3/t18-/m0/s1. The van der Waals surface area contributed by atoms with Gasteiger partial charge in [-0.15, -0.1) is 0 Å². The van der Waals surface area contributed by atoms with Gasteiger partial charge in [-0.1, -0.05) is 29.8 Å². The first-order chi connectivity index (χ1) is 18.3. The number of aryl methyl sites for hydroxylation is 1. The Balaban J connectivity index is 1.49. The molecular formula is C23H21ClF3N5O6S. The summed E-state index contributed by atoms with van der Waals surface area (Å²) in [4.78, 5) is 26.4. The fraction of sp³-hybridized carbons (Fsp3) is 0.304. The van der Waals surface area contributed by atoms with Crippen LogP contribution in [0, 0.1) is 6.92 Å². The van der Waals surface area contributed by atoms with Crippen LogP contribution >= 0.6 is 11.6 Å². The number of β-amino-alcohol motifs (C(OH)–C–C–N with tert-alkyl or cyclic N) is 1. The number of anilines is 1. The second-order valence-corrected chi connectivity index (χ2v) is 10.3. The summed E-state index contributed by atoms with van der Waals surface area (Å²) in [5.41, 5.74) is -4.51. The molecule has 0 amide bonds. The van der Waals surface area contributed by atoms with Gasteiger partial charge in [-0.3, -0.25) is 4.57 Å². The maximum absolute atomic E-state index is 12.8. The minimum absolute atomic E-state index is 0.0880. The average molecular weight is 588 g/mol. The van der Waals surface area contributed by atoms with E-state index in [1.54, 1.807) is 36.1 Å². The summed E-state index contributed by atoms with van der Waals surface area (Å²) in [6.45, 7) is 1.91. The highest BCUT2D eigenvalue weighted by Gasteiger charge is 2.48. The Morgan fingerprint density at radius 3 is 2.54 bits per heavy atom. The van der Waals surface area contributed by atoms with Crippen molar-refractivity contribution in [2.75, 3.05) is 25.1 Å². The number of hydrogen-bond acceptors (Lipinski definition) is 10. The second-order valence-electron chi connectivity index (χ2n) is 8.36. The lowest BCUT2D eigenvalue weighted by molar-refractivity contribution is -0.0501. The average Bonchev–Trinajstić information content (AvgIpc) is 2.86. The van der Waals surface area contributed by atoms with Gasteiger partial charge in [0.1, 0.15) is 11.6 Å². The monoisotopic (exact) mass is 587 g/mol. The van der Waals surface area contributed by atoms with Crippen LogP contribution in [0.2, 0.25) is 5.02 Å². The first kappa shape index (κ1) is 28.3. The number of nitrogens with zero attached hydrogens (tertiary/aromatic N) is 5. The van der Waals surface area contributed by atoms with Gasteiger partial charge in [0, 0.05) is 18.8 Å². The van der Waals surface area contributed by atoms with Crippen LogP contribution in [0.25, 0.3) is 5.57 Å². The van der Waals surface area contributed by atoms with Crippen LogP contribution in [-0.4, -0.2) is 64.9 Å². The number of rotatable bonds is 7. The molecule has 0 aliphatic carbocycles. The number of aliphatic hydroxyl groups is 1. The third-order valence-corrected chi connectivity index (χ3v) is 7.02. The van der Waals surface area contributed by atoms with E-state index in [1.807, 2.05) is 0 Å². The van der Waals surface area contributed by atoms with Crippen molar-refractivity contribution in [3.63, 3.8) is 0 Å². The Bertz CT molecular complexity index is 1580. The predicted molar refractivity (Wildman–Crippen MR) is 134 cm³/mol. The number of aliphatic hydroxyl groups excluding tert-OH is 1. The van der Waals surface area contributed by atoms with E-state index in [0.29, 0.717) is 28.5 Å². The molecule has 0 fully saturated rings. The topological polar surface area (TPSA) is 137 Å². The quantitative estimate of drug-likeness (QED) is 0.324. The van der Waals surface area contributed by atoms with Crippen molar-refractivity contribution < 1.29 is 35.6 Å². The summed E-state index contributed by atoms with van der Waals surface area (Å²) in [7, 11) is -4.36. The highest BCUT2D eigenvalue weighted by Crippen LogP contribution is 2.31. The Kier molecular flexibility index (Phi) is 7.86. The molecule has 1 atom stereocenters. The molecule has 0 bridgehead atoms. The number of alkyl halides is 3. The molecule has 0 unspecified atom stereocenters. The third-order valence-electron chi connectivity index (χ3n) is 5.75. The van der Waals surface area contributed by atoms with Gasteiger partial charge in [0.15, 0.2) is 0 Å². The highest BCUT2D eigenvalue weighted by atomic mass is 35.5. The molecule has 0 radical (unpaired) electrons. The fourth-order valence-electron chi connectivity index (χ4n) is 3.77. The van der Waals surface area contributed by atoms with Crippen LogP contribution in [0.15, 0.2) is 47.4 Å². The zero-order valence-corrected chi connectivity index (χ0v) is 22.0. The molecule has 0 spiro atoms. The lowest BCUT2D eigenvalue weighted by Crippen LogP contribution is -2.40. The minimum atomic E-state index is -5.85. The summed E-state index contributed by atoms with van der Waals surface area (Å²) in [6.07, 6.45) is 1.94. The van der Waals surface area contributed by atoms with Crippen molar-refractivity contribution in [3.8, 4) is 11.6 Å². The van der Waals surface area contributed by atoms with Gasteiger partial charge in [-0.05, 0) is 35.8 Å². The number of methoxy groups -OCH3 is 1. The molecule has 208 valence electrons. The molecule has 1 aliphatic heterocycles. The summed E-state index contributed by atoms with van der Waals surface area (Å²) in [5.74, 6) is 0.0727. The van der Waals surface area contributed by atoms with Crippen LogP contribution in [0.4, 0.5) is 19.1 Å². The molecule has 1 aliphatic rings. The summed E-state index contributed by atoms with van der Waals surface area (Å²) in [6, 6.07) is 7.34. The molecule has 16 heteroatoms. The van der Waals surface area contributed by atoms with Crippen molar-refractivity contribution >= 4 is 33.2 Å². The fourth-order valence-corrected chi connectivity index (χ4v) is 4.39. The number of benzene rings is 1. The van der Waals surface area contributed by atoms with Gasteiger partial charge < -0.3 is 18.9 Å². The molecule has 0 saturated carbocycles. The van der Waals surface area contributed by atoms with E-state index < -0.39 is 33.3 Å². The molecule has 11 nitrogen and oxygen atoms in total. The summed E-state index contributed by atoms with van der Waals surface area (Å²) < 4.78 is 70.1. The summed E-state index contributed by atoms with van der Waals surface area (Å²) >= 11 is 6.08. The predicted octanol–water partition coefficient (Wildman–Crippen LogP) is 2.54. The zero-order chi connectivity index (χ0) is 28.5. The van der Waals surface area contributed by atoms with Crippen molar-refractivity contribution in [2.45, 2.75) is 25.1 Å². The SMILES string of the molecule is COc1cc(C2=CCN(c3nc(C)n(Cc4ccc(OS(=O)(=O)C(F)(F)F)nc4)c(=O)n3)C[C@@H]2O)ccc1Cl. The molecule has 3 heterocycles. The van der Waals surface area contributed by atoms with E-state index in [0.717, 1.165) is 17.8 Å². The van der Waals surface area contributed by atoms with Gasteiger partial charge in [-0.25, -0.2) is 9.78 Å². The molecule has 2 aromatic heterocycles. The third kappa shape index (κ3) is 6.15. The molecule has 0 saturated heterocycles. The van der Waals surface area contributed by atoms with Crippen LogP contribution in [0.5, 0.6) is 11.6 Å².